The second-order valence-corrected chi connectivity index (χ2v) is 5.00. The molecule has 20 heavy (non-hydrogen) atoms. The minimum Gasteiger partial charge on any atom is -0.496 e. The molecule has 0 heterocycles. The Morgan fingerprint density at radius 1 is 1.10 bits per heavy atom. The van der Waals surface area contributed by atoms with Gasteiger partial charge in [0.1, 0.15) is 11.3 Å². The summed E-state index contributed by atoms with van der Waals surface area (Å²) in [5, 5.41) is 9.10. The van der Waals surface area contributed by atoms with E-state index in [0.29, 0.717) is 11.7 Å². The normalized spacial score (nSPS) is 10.6. The topological polar surface area (TPSA) is 46.5 Å². The smallest absolute Gasteiger partial charge is 0.339 e. The second-order valence-electron chi connectivity index (χ2n) is 5.00. The summed E-state index contributed by atoms with van der Waals surface area (Å²) in [4.78, 5) is 11.1. The van der Waals surface area contributed by atoms with Gasteiger partial charge < -0.3 is 9.84 Å². The summed E-state index contributed by atoms with van der Waals surface area (Å²) in [6.07, 6.45) is 0. The highest BCUT2D eigenvalue weighted by Crippen LogP contribution is 2.29. The maximum atomic E-state index is 11.1. The molecule has 0 unspecified atom stereocenters. The minimum absolute atomic E-state index is 0.177. The first-order chi connectivity index (χ1) is 9.52. The number of carbonyl (C=O) groups is 1. The number of ether oxygens (including phenoxy) is 1. The maximum Gasteiger partial charge on any atom is 0.339 e. The molecule has 0 amide bonds. The number of carboxylic acid groups (broad SMARTS) is 1. The number of benzene rings is 2. The van der Waals surface area contributed by atoms with Crippen LogP contribution >= 0.6 is 0 Å². The molecule has 3 nitrogen and oxygen atoms in total. The van der Waals surface area contributed by atoms with Crippen molar-refractivity contribution in [3.63, 3.8) is 0 Å². The molecule has 0 saturated carbocycles. The molecule has 104 valence electrons. The molecule has 2 aromatic carbocycles. The lowest BCUT2D eigenvalue weighted by Gasteiger charge is -2.11. The highest BCUT2D eigenvalue weighted by molar-refractivity contribution is 5.92. The van der Waals surface area contributed by atoms with Crippen molar-refractivity contribution in [1.29, 1.82) is 0 Å². The highest BCUT2D eigenvalue weighted by Gasteiger charge is 2.12. The molecule has 0 aromatic heterocycles. The zero-order chi connectivity index (χ0) is 14.7. The van der Waals surface area contributed by atoms with Crippen LogP contribution in [0.1, 0.15) is 35.7 Å². The van der Waals surface area contributed by atoms with Crippen molar-refractivity contribution in [2.45, 2.75) is 19.8 Å². The number of hydrogen-bond acceptors (Lipinski definition) is 2. The van der Waals surface area contributed by atoms with E-state index in [1.54, 1.807) is 12.1 Å². The Kier molecular flexibility index (Phi) is 4.08. The summed E-state index contributed by atoms with van der Waals surface area (Å²) in [5.41, 5.74) is 3.45. The fourth-order valence-corrected chi connectivity index (χ4v) is 2.12. The summed E-state index contributed by atoms with van der Waals surface area (Å²) in [6, 6.07) is 13.4. The van der Waals surface area contributed by atoms with Crippen molar-refractivity contribution in [2.75, 3.05) is 7.11 Å². The molecular formula is C17H18O3. The predicted molar refractivity (Wildman–Crippen MR) is 79.5 cm³/mol. The van der Waals surface area contributed by atoms with Crippen LogP contribution in [0.4, 0.5) is 0 Å². The number of carboxylic acids is 1. The third kappa shape index (κ3) is 2.82. The van der Waals surface area contributed by atoms with Gasteiger partial charge in [0.15, 0.2) is 0 Å². The summed E-state index contributed by atoms with van der Waals surface area (Å²) in [7, 11) is 1.48. The van der Waals surface area contributed by atoms with Crippen LogP contribution in [-0.4, -0.2) is 18.2 Å². The lowest BCUT2D eigenvalue weighted by atomic mass is 9.96. The number of aromatic carboxylic acids is 1. The van der Waals surface area contributed by atoms with Crippen molar-refractivity contribution in [3.8, 4) is 16.9 Å². The molecular weight excluding hydrogens is 252 g/mol. The monoisotopic (exact) mass is 270 g/mol. The Hall–Kier alpha value is -2.29. The van der Waals surface area contributed by atoms with Crippen LogP contribution in [-0.2, 0) is 0 Å². The van der Waals surface area contributed by atoms with Crippen LogP contribution < -0.4 is 4.74 Å². The lowest BCUT2D eigenvalue weighted by Crippen LogP contribution is -2.00. The first-order valence-corrected chi connectivity index (χ1v) is 6.54. The molecule has 1 N–H and O–H groups in total. The van der Waals surface area contributed by atoms with E-state index in [-0.39, 0.29) is 5.56 Å². The third-order valence-corrected chi connectivity index (χ3v) is 3.32. The van der Waals surface area contributed by atoms with Gasteiger partial charge in [-0.3, -0.25) is 0 Å². The first kappa shape index (κ1) is 14.1. The Bertz CT molecular complexity index is 630. The van der Waals surface area contributed by atoms with Gasteiger partial charge in [0.05, 0.1) is 7.11 Å². The van der Waals surface area contributed by atoms with Gasteiger partial charge in [0.25, 0.3) is 0 Å². The molecule has 0 aliphatic carbocycles. The molecule has 3 heteroatoms. The summed E-state index contributed by atoms with van der Waals surface area (Å²) in [5.74, 6) is -0.149. The first-order valence-electron chi connectivity index (χ1n) is 6.54. The molecule has 0 radical (unpaired) electrons. The fraction of sp³-hybridized carbons (Fsp3) is 0.235. The van der Waals surface area contributed by atoms with Gasteiger partial charge >= 0.3 is 5.97 Å². The zero-order valence-electron chi connectivity index (χ0n) is 11.9. The van der Waals surface area contributed by atoms with Gasteiger partial charge in [0, 0.05) is 0 Å². The van der Waals surface area contributed by atoms with Gasteiger partial charge in [-0.15, -0.1) is 0 Å². The van der Waals surface area contributed by atoms with Gasteiger partial charge in [-0.1, -0.05) is 44.2 Å². The minimum atomic E-state index is -0.982. The van der Waals surface area contributed by atoms with Crippen molar-refractivity contribution in [3.05, 3.63) is 53.6 Å². The molecule has 0 saturated heterocycles. The highest BCUT2D eigenvalue weighted by atomic mass is 16.5. The molecule has 0 atom stereocenters. The van der Waals surface area contributed by atoms with Gasteiger partial charge in [-0.25, -0.2) is 4.79 Å². The second kappa shape index (κ2) is 5.78. The maximum absolute atomic E-state index is 11.1. The van der Waals surface area contributed by atoms with Crippen LogP contribution in [0, 0.1) is 0 Å². The molecule has 2 rings (SSSR count). The molecule has 0 fully saturated rings. The van der Waals surface area contributed by atoms with Crippen molar-refractivity contribution in [1.82, 2.24) is 0 Å². The quantitative estimate of drug-likeness (QED) is 0.906. The molecule has 0 spiro atoms. The fourth-order valence-electron chi connectivity index (χ4n) is 2.12. The van der Waals surface area contributed by atoms with Crippen LogP contribution in [0.25, 0.3) is 11.1 Å². The van der Waals surface area contributed by atoms with Crippen LogP contribution in [0.2, 0.25) is 0 Å². The molecule has 0 aliphatic heterocycles. The molecule has 0 bridgehead atoms. The van der Waals surface area contributed by atoms with Gasteiger partial charge in [-0.2, -0.15) is 0 Å². The van der Waals surface area contributed by atoms with Crippen molar-refractivity contribution >= 4 is 5.97 Å². The summed E-state index contributed by atoms with van der Waals surface area (Å²) in [6.45, 7) is 4.29. The Labute approximate surface area is 118 Å². The van der Waals surface area contributed by atoms with Gasteiger partial charge in [0.2, 0.25) is 0 Å². The van der Waals surface area contributed by atoms with E-state index >= 15 is 0 Å². The summed E-state index contributed by atoms with van der Waals surface area (Å²) < 4.78 is 5.17. The Balaban J connectivity index is 2.48. The standard InChI is InChI=1S/C17H18O3/c1-11(2)12-5-4-6-13(9-12)14-7-8-15(17(18)19)16(10-14)20-3/h4-11H,1-3H3,(H,18,19). The van der Waals surface area contributed by atoms with E-state index in [1.165, 1.54) is 12.7 Å². The molecule has 0 aliphatic rings. The average Bonchev–Trinajstić information content (AvgIpc) is 2.46. The van der Waals surface area contributed by atoms with Crippen molar-refractivity contribution in [2.24, 2.45) is 0 Å². The number of hydrogen-bond donors (Lipinski definition) is 1. The number of methoxy groups -OCH3 is 1. The third-order valence-electron chi connectivity index (χ3n) is 3.32. The predicted octanol–water partition coefficient (Wildman–Crippen LogP) is 4.18. The Morgan fingerprint density at radius 2 is 1.80 bits per heavy atom. The summed E-state index contributed by atoms with van der Waals surface area (Å²) >= 11 is 0. The van der Waals surface area contributed by atoms with Crippen LogP contribution in [0.5, 0.6) is 5.75 Å². The van der Waals surface area contributed by atoms with E-state index < -0.39 is 5.97 Å². The van der Waals surface area contributed by atoms with E-state index in [4.69, 9.17) is 9.84 Å². The van der Waals surface area contributed by atoms with E-state index in [2.05, 4.69) is 26.0 Å². The van der Waals surface area contributed by atoms with E-state index in [0.717, 1.165) is 11.1 Å². The van der Waals surface area contributed by atoms with E-state index in [1.807, 2.05) is 18.2 Å². The van der Waals surface area contributed by atoms with E-state index in [9.17, 15) is 4.79 Å². The largest absolute Gasteiger partial charge is 0.496 e. The van der Waals surface area contributed by atoms with Crippen LogP contribution in [0.15, 0.2) is 42.5 Å². The van der Waals surface area contributed by atoms with Crippen molar-refractivity contribution < 1.29 is 14.6 Å². The zero-order valence-corrected chi connectivity index (χ0v) is 11.9. The molecule has 2 aromatic rings. The Morgan fingerprint density at radius 3 is 2.40 bits per heavy atom. The average molecular weight is 270 g/mol. The van der Waals surface area contributed by atoms with Gasteiger partial charge in [-0.05, 0) is 34.7 Å². The SMILES string of the molecule is COc1cc(-c2cccc(C(C)C)c2)ccc1C(=O)O. The lowest BCUT2D eigenvalue weighted by molar-refractivity contribution is 0.0693. The number of rotatable bonds is 4. The van der Waals surface area contributed by atoms with Crippen LogP contribution in [0.3, 0.4) is 0 Å².